The molecule has 2 aromatic carbocycles. The van der Waals surface area contributed by atoms with E-state index in [1.165, 1.54) is 5.56 Å². The lowest BCUT2D eigenvalue weighted by atomic mass is 9.97. The van der Waals surface area contributed by atoms with Crippen LogP contribution in [-0.4, -0.2) is 0 Å². The van der Waals surface area contributed by atoms with Gasteiger partial charge in [0.05, 0.1) is 5.39 Å². The number of aryl methyl sites for hydroxylation is 3. The molecule has 0 saturated carbocycles. The van der Waals surface area contributed by atoms with E-state index in [0.717, 1.165) is 16.7 Å². The molecule has 2 nitrogen and oxygen atoms in total. The monoisotopic (exact) mass is 264 g/mol. The van der Waals surface area contributed by atoms with E-state index in [4.69, 9.17) is 4.42 Å². The Bertz CT molecular complexity index is 834. The van der Waals surface area contributed by atoms with Gasteiger partial charge >= 0.3 is 0 Å². The molecule has 0 radical (unpaired) electrons. The smallest absolute Gasteiger partial charge is 0.193 e. The van der Waals surface area contributed by atoms with Gasteiger partial charge in [-0.15, -0.1) is 0 Å². The number of hydrogen-bond donors (Lipinski definition) is 0. The molecule has 1 heterocycles. The Labute approximate surface area is 117 Å². The minimum absolute atomic E-state index is 0.00113. The average Bonchev–Trinajstić information content (AvgIpc) is 2.37. The number of para-hydroxylation sites is 1. The van der Waals surface area contributed by atoms with Crippen LogP contribution >= 0.6 is 0 Å². The molecule has 0 saturated heterocycles. The van der Waals surface area contributed by atoms with Gasteiger partial charge in [-0.25, -0.2) is 0 Å². The molecule has 2 heteroatoms. The number of hydrogen-bond acceptors (Lipinski definition) is 2. The molecule has 100 valence electrons. The van der Waals surface area contributed by atoms with Gasteiger partial charge in [-0.05, 0) is 44.0 Å². The highest BCUT2D eigenvalue weighted by atomic mass is 16.3. The maximum atomic E-state index is 12.2. The van der Waals surface area contributed by atoms with Crippen molar-refractivity contribution in [2.75, 3.05) is 0 Å². The Morgan fingerprint density at radius 1 is 0.900 bits per heavy atom. The quantitative estimate of drug-likeness (QED) is 0.652. The predicted octanol–water partition coefficient (Wildman–Crippen LogP) is 4.39. The van der Waals surface area contributed by atoms with Crippen molar-refractivity contribution in [2.24, 2.45) is 0 Å². The average molecular weight is 264 g/mol. The van der Waals surface area contributed by atoms with Crippen molar-refractivity contribution < 1.29 is 4.42 Å². The van der Waals surface area contributed by atoms with Crippen molar-refractivity contribution in [3.8, 4) is 11.3 Å². The third-order valence-corrected chi connectivity index (χ3v) is 3.56. The van der Waals surface area contributed by atoms with Gasteiger partial charge in [0.1, 0.15) is 11.3 Å². The standard InChI is InChI=1S/C18H16O2/c1-11-8-12(2)18(13(3)9-11)17-10-15(19)14-6-4-5-7-16(14)20-17/h4-10H,1-3H3. The van der Waals surface area contributed by atoms with Crippen LogP contribution in [0, 0.1) is 20.8 Å². The van der Waals surface area contributed by atoms with Crippen LogP contribution in [0.2, 0.25) is 0 Å². The first-order valence-electron chi connectivity index (χ1n) is 6.67. The largest absolute Gasteiger partial charge is 0.456 e. The second kappa shape index (κ2) is 4.64. The lowest BCUT2D eigenvalue weighted by Crippen LogP contribution is -2.01. The van der Waals surface area contributed by atoms with E-state index in [1.54, 1.807) is 12.1 Å². The molecule has 20 heavy (non-hydrogen) atoms. The number of fused-ring (bicyclic) bond motifs is 1. The van der Waals surface area contributed by atoms with Crippen molar-refractivity contribution in [1.29, 1.82) is 0 Å². The zero-order chi connectivity index (χ0) is 14.3. The fraction of sp³-hybridized carbons (Fsp3) is 0.167. The lowest BCUT2D eigenvalue weighted by Gasteiger charge is -2.11. The van der Waals surface area contributed by atoms with Crippen molar-refractivity contribution in [3.05, 3.63) is 69.4 Å². The summed E-state index contributed by atoms with van der Waals surface area (Å²) in [5.41, 5.74) is 5.11. The number of benzene rings is 2. The molecule has 0 unspecified atom stereocenters. The van der Waals surface area contributed by atoms with Gasteiger partial charge < -0.3 is 4.42 Å². The minimum Gasteiger partial charge on any atom is -0.456 e. The first-order chi connectivity index (χ1) is 9.56. The van der Waals surface area contributed by atoms with Gasteiger partial charge in [-0.2, -0.15) is 0 Å². The summed E-state index contributed by atoms with van der Waals surface area (Å²) in [7, 11) is 0. The van der Waals surface area contributed by atoms with Gasteiger partial charge in [-0.1, -0.05) is 29.8 Å². The van der Waals surface area contributed by atoms with Crippen LogP contribution in [0.3, 0.4) is 0 Å². The van der Waals surface area contributed by atoms with Crippen LogP contribution in [0.1, 0.15) is 16.7 Å². The molecule has 3 aromatic rings. The second-order valence-electron chi connectivity index (χ2n) is 5.24. The maximum Gasteiger partial charge on any atom is 0.193 e. The molecular weight excluding hydrogens is 248 g/mol. The van der Waals surface area contributed by atoms with Gasteiger partial charge in [0.25, 0.3) is 0 Å². The fourth-order valence-corrected chi connectivity index (χ4v) is 2.80. The second-order valence-corrected chi connectivity index (χ2v) is 5.24. The molecule has 0 fully saturated rings. The van der Waals surface area contributed by atoms with E-state index < -0.39 is 0 Å². The molecule has 0 N–H and O–H groups in total. The van der Waals surface area contributed by atoms with E-state index in [-0.39, 0.29) is 5.43 Å². The highest BCUT2D eigenvalue weighted by molar-refractivity contribution is 5.79. The van der Waals surface area contributed by atoms with Crippen LogP contribution in [-0.2, 0) is 0 Å². The molecule has 0 aliphatic carbocycles. The van der Waals surface area contributed by atoms with E-state index in [0.29, 0.717) is 16.7 Å². The molecule has 0 atom stereocenters. The first kappa shape index (κ1) is 12.7. The Balaban J connectivity index is 2.33. The molecule has 1 aromatic heterocycles. The highest BCUT2D eigenvalue weighted by Gasteiger charge is 2.11. The topological polar surface area (TPSA) is 30.2 Å². The summed E-state index contributed by atoms with van der Waals surface area (Å²) in [5.74, 6) is 0.642. The van der Waals surface area contributed by atoms with Gasteiger partial charge in [0.15, 0.2) is 5.43 Å². The first-order valence-corrected chi connectivity index (χ1v) is 6.67. The van der Waals surface area contributed by atoms with Crippen molar-refractivity contribution in [2.45, 2.75) is 20.8 Å². The molecule has 0 bridgehead atoms. The summed E-state index contributed by atoms with van der Waals surface area (Å²) in [6.45, 7) is 6.16. The zero-order valence-electron chi connectivity index (χ0n) is 11.9. The zero-order valence-corrected chi connectivity index (χ0v) is 11.9. The molecular formula is C18H16O2. The molecule has 0 spiro atoms. The fourth-order valence-electron chi connectivity index (χ4n) is 2.80. The lowest BCUT2D eigenvalue weighted by molar-refractivity contribution is 0.618. The highest BCUT2D eigenvalue weighted by Crippen LogP contribution is 2.29. The Hall–Kier alpha value is -2.35. The minimum atomic E-state index is 0.00113. The van der Waals surface area contributed by atoms with E-state index in [1.807, 2.05) is 32.0 Å². The summed E-state index contributed by atoms with van der Waals surface area (Å²) in [6.07, 6.45) is 0. The van der Waals surface area contributed by atoms with E-state index in [9.17, 15) is 4.79 Å². The Kier molecular flexibility index (Phi) is 2.94. The van der Waals surface area contributed by atoms with Gasteiger partial charge in [0.2, 0.25) is 0 Å². The van der Waals surface area contributed by atoms with Crippen LogP contribution in [0.4, 0.5) is 0 Å². The van der Waals surface area contributed by atoms with Gasteiger partial charge in [0, 0.05) is 11.6 Å². The maximum absolute atomic E-state index is 12.2. The molecule has 0 aliphatic rings. The Morgan fingerprint density at radius 2 is 1.55 bits per heavy atom. The molecule has 3 rings (SSSR count). The van der Waals surface area contributed by atoms with E-state index >= 15 is 0 Å². The summed E-state index contributed by atoms with van der Waals surface area (Å²) in [5, 5.41) is 0.624. The van der Waals surface area contributed by atoms with Crippen LogP contribution in [0.15, 0.2) is 51.7 Å². The van der Waals surface area contributed by atoms with Gasteiger partial charge in [-0.3, -0.25) is 4.79 Å². The van der Waals surface area contributed by atoms with Crippen LogP contribution in [0.25, 0.3) is 22.3 Å². The van der Waals surface area contributed by atoms with Crippen LogP contribution < -0.4 is 5.43 Å². The summed E-state index contributed by atoms with van der Waals surface area (Å²) in [4.78, 5) is 12.2. The summed E-state index contributed by atoms with van der Waals surface area (Å²) in [6, 6.07) is 13.2. The summed E-state index contributed by atoms with van der Waals surface area (Å²) >= 11 is 0. The van der Waals surface area contributed by atoms with E-state index in [2.05, 4.69) is 19.1 Å². The molecule has 0 amide bonds. The Morgan fingerprint density at radius 3 is 2.25 bits per heavy atom. The van der Waals surface area contributed by atoms with Crippen molar-refractivity contribution in [1.82, 2.24) is 0 Å². The third-order valence-electron chi connectivity index (χ3n) is 3.56. The summed E-state index contributed by atoms with van der Waals surface area (Å²) < 4.78 is 5.93. The third kappa shape index (κ3) is 2.03. The number of rotatable bonds is 1. The normalized spacial score (nSPS) is 10.9. The predicted molar refractivity (Wildman–Crippen MR) is 82.1 cm³/mol. The van der Waals surface area contributed by atoms with Crippen molar-refractivity contribution >= 4 is 11.0 Å². The van der Waals surface area contributed by atoms with Crippen LogP contribution in [0.5, 0.6) is 0 Å². The SMILES string of the molecule is Cc1cc(C)c(-c2cc(=O)c3ccccc3o2)c(C)c1. The van der Waals surface area contributed by atoms with Crippen molar-refractivity contribution in [3.63, 3.8) is 0 Å². The molecule has 0 aliphatic heterocycles.